The lowest BCUT2D eigenvalue weighted by Crippen LogP contribution is -2.26. The third-order valence-electron chi connectivity index (χ3n) is 2.99. The van der Waals surface area contributed by atoms with Crippen LogP contribution in [0.25, 0.3) is 0 Å². The molecule has 1 aromatic carbocycles. The van der Waals surface area contributed by atoms with Crippen LogP contribution in [0.3, 0.4) is 0 Å². The van der Waals surface area contributed by atoms with E-state index in [0.29, 0.717) is 12.0 Å². The average molecular weight is 298 g/mol. The lowest BCUT2D eigenvalue weighted by Gasteiger charge is -2.16. The predicted octanol–water partition coefficient (Wildman–Crippen LogP) is 2.90. The van der Waals surface area contributed by atoms with Gasteiger partial charge in [0.05, 0.1) is 12.4 Å². The van der Waals surface area contributed by atoms with Gasteiger partial charge in [0.1, 0.15) is 0 Å². The Morgan fingerprint density at radius 2 is 1.80 bits per heavy atom. The SMILES string of the molecule is CCCCCS(=O)(=O)C(C(=O)OCC)c1ccccc1. The number of esters is 1. The summed E-state index contributed by atoms with van der Waals surface area (Å²) in [6.07, 6.45) is 2.34. The van der Waals surface area contributed by atoms with Crippen LogP contribution >= 0.6 is 0 Å². The quantitative estimate of drug-likeness (QED) is 0.547. The second kappa shape index (κ2) is 8.04. The highest BCUT2D eigenvalue weighted by atomic mass is 32.2. The van der Waals surface area contributed by atoms with E-state index in [1.54, 1.807) is 37.3 Å². The Labute approximate surface area is 121 Å². The smallest absolute Gasteiger partial charge is 0.328 e. The third kappa shape index (κ3) is 4.63. The standard InChI is InChI=1S/C15H22O4S/c1-3-5-9-12-20(17,18)14(15(16)19-4-2)13-10-7-6-8-11-13/h6-8,10-11,14H,3-5,9,12H2,1-2H3. The normalized spacial score (nSPS) is 12.9. The highest BCUT2D eigenvalue weighted by molar-refractivity contribution is 7.92. The molecule has 0 bridgehead atoms. The number of sulfone groups is 1. The molecule has 0 aliphatic rings. The zero-order chi connectivity index (χ0) is 15.0. The van der Waals surface area contributed by atoms with Crippen molar-refractivity contribution < 1.29 is 17.9 Å². The summed E-state index contributed by atoms with van der Waals surface area (Å²) in [5, 5.41) is -1.21. The van der Waals surface area contributed by atoms with Crippen molar-refractivity contribution in [1.29, 1.82) is 0 Å². The van der Waals surface area contributed by atoms with Gasteiger partial charge in [-0.1, -0.05) is 50.1 Å². The first-order valence-electron chi connectivity index (χ1n) is 6.96. The number of carbonyl (C=O) groups excluding carboxylic acids is 1. The number of carbonyl (C=O) groups is 1. The first kappa shape index (κ1) is 16.7. The van der Waals surface area contributed by atoms with Gasteiger partial charge in [-0.3, -0.25) is 4.79 Å². The van der Waals surface area contributed by atoms with E-state index in [2.05, 4.69) is 0 Å². The third-order valence-corrected chi connectivity index (χ3v) is 5.04. The van der Waals surface area contributed by atoms with Crippen LogP contribution in [0.5, 0.6) is 0 Å². The molecule has 1 aromatic rings. The molecule has 0 aliphatic carbocycles. The summed E-state index contributed by atoms with van der Waals surface area (Å²) in [6, 6.07) is 8.54. The molecule has 0 radical (unpaired) electrons. The summed E-state index contributed by atoms with van der Waals surface area (Å²) >= 11 is 0. The van der Waals surface area contributed by atoms with Gasteiger partial charge in [0.2, 0.25) is 0 Å². The highest BCUT2D eigenvalue weighted by Crippen LogP contribution is 2.25. The molecule has 1 rings (SSSR count). The number of benzene rings is 1. The van der Waals surface area contributed by atoms with Gasteiger partial charge in [0, 0.05) is 0 Å². The van der Waals surface area contributed by atoms with Gasteiger partial charge in [0.25, 0.3) is 0 Å². The summed E-state index contributed by atoms with van der Waals surface area (Å²) in [6.45, 7) is 3.85. The Morgan fingerprint density at radius 3 is 2.35 bits per heavy atom. The molecule has 0 aliphatic heterocycles. The molecule has 5 heteroatoms. The average Bonchev–Trinajstić information content (AvgIpc) is 2.40. The van der Waals surface area contributed by atoms with E-state index in [-0.39, 0.29) is 12.4 Å². The zero-order valence-corrected chi connectivity index (χ0v) is 12.9. The molecule has 0 aromatic heterocycles. The first-order chi connectivity index (χ1) is 9.53. The molecule has 0 saturated heterocycles. The summed E-state index contributed by atoms with van der Waals surface area (Å²) in [4.78, 5) is 12.0. The van der Waals surface area contributed by atoms with Crippen LogP contribution in [0.2, 0.25) is 0 Å². The topological polar surface area (TPSA) is 60.4 Å². The maximum Gasteiger partial charge on any atom is 0.328 e. The van der Waals surface area contributed by atoms with Crippen LogP contribution in [0.15, 0.2) is 30.3 Å². The van der Waals surface area contributed by atoms with Gasteiger partial charge >= 0.3 is 5.97 Å². The molecule has 0 N–H and O–H groups in total. The monoisotopic (exact) mass is 298 g/mol. The zero-order valence-electron chi connectivity index (χ0n) is 12.0. The molecule has 0 heterocycles. The Morgan fingerprint density at radius 1 is 1.15 bits per heavy atom. The number of rotatable bonds is 8. The molecule has 1 atom stereocenters. The van der Waals surface area contributed by atoms with Gasteiger partial charge in [-0.15, -0.1) is 0 Å². The molecule has 0 saturated carbocycles. The fourth-order valence-corrected chi connectivity index (χ4v) is 3.78. The second-order valence-corrected chi connectivity index (χ2v) is 6.82. The van der Waals surface area contributed by atoms with Crippen molar-refractivity contribution in [3.05, 3.63) is 35.9 Å². The molecule has 4 nitrogen and oxygen atoms in total. The summed E-state index contributed by atoms with van der Waals surface area (Å²) in [5.74, 6) is -0.672. The van der Waals surface area contributed by atoms with E-state index in [4.69, 9.17) is 4.74 Å². The van der Waals surface area contributed by atoms with Crippen molar-refractivity contribution in [2.24, 2.45) is 0 Å². The highest BCUT2D eigenvalue weighted by Gasteiger charge is 2.34. The van der Waals surface area contributed by atoms with Crippen LogP contribution in [0.1, 0.15) is 43.9 Å². The van der Waals surface area contributed by atoms with Gasteiger partial charge in [-0.2, -0.15) is 0 Å². The lowest BCUT2D eigenvalue weighted by atomic mass is 10.1. The van der Waals surface area contributed by atoms with Crippen LogP contribution in [0, 0.1) is 0 Å². The molecular formula is C15H22O4S. The summed E-state index contributed by atoms with van der Waals surface area (Å²) < 4.78 is 29.8. The van der Waals surface area contributed by atoms with Crippen LogP contribution in [-0.4, -0.2) is 26.7 Å². The summed E-state index contributed by atoms with van der Waals surface area (Å²) in [7, 11) is -3.54. The molecule has 1 unspecified atom stereocenters. The predicted molar refractivity (Wildman–Crippen MR) is 79.1 cm³/mol. The molecule has 0 fully saturated rings. The van der Waals surface area contributed by atoms with E-state index in [0.717, 1.165) is 12.8 Å². The van der Waals surface area contributed by atoms with E-state index < -0.39 is 21.1 Å². The summed E-state index contributed by atoms with van der Waals surface area (Å²) in [5.41, 5.74) is 0.474. The van der Waals surface area contributed by atoms with Crippen molar-refractivity contribution in [3.8, 4) is 0 Å². The Hall–Kier alpha value is -1.36. The van der Waals surface area contributed by atoms with Crippen molar-refractivity contribution in [3.63, 3.8) is 0 Å². The number of unbranched alkanes of at least 4 members (excludes halogenated alkanes) is 2. The van der Waals surface area contributed by atoms with Crippen molar-refractivity contribution >= 4 is 15.8 Å². The van der Waals surface area contributed by atoms with E-state index in [1.807, 2.05) is 6.92 Å². The van der Waals surface area contributed by atoms with Crippen molar-refractivity contribution in [2.75, 3.05) is 12.4 Å². The maximum atomic E-state index is 12.4. The Kier molecular flexibility index (Phi) is 6.71. The molecule has 20 heavy (non-hydrogen) atoms. The maximum absolute atomic E-state index is 12.4. The lowest BCUT2D eigenvalue weighted by molar-refractivity contribution is -0.142. The van der Waals surface area contributed by atoms with Gasteiger partial charge in [-0.25, -0.2) is 8.42 Å². The molecule has 0 amide bonds. The molecule has 0 spiro atoms. The van der Waals surface area contributed by atoms with Gasteiger partial charge in [0.15, 0.2) is 15.1 Å². The Bertz CT molecular complexity index is 508. The number of hydrogen-bond acceptors (Lipinski definition) is 4. The first-order valence-corrected chi connectivity index (χ1v) is 8.67. The van der Waals surface area contributed by atoms with Crippen molar-refractivity contribution in [1.82, 2.24) is 0 Å². The van der Waals surface area contributed by atoms with Crippen LogP contribution in [0.4, 0.5) is 0 Å². The molecule has 112 valence electrons. The molecular weight excluding hydrogens is 276 g/mol. The van der Waals surface area contributed by atoms with E-state index in [1.165, 1.54) is 0 Å². The van der Waals surface area contributed by atoms with Crippen molar-refractivity contribution in [2.45, 2.75) is 38.4 Å². The van der Waals surface area contributed by atoms with E-state index in [9.17, 15) is 13.2 Å². The van der Waals surface area contributed by atoms with Crippen LogP contribution in [-0.2, 0) is 19.4 Å². The second-order valence-electron chi connectivity index (χ2n) is 4.62. The van der Waals surface area contributed by atoms with E-state index >= 15 is 0 Å². The van der Waals surface area contributed by atoms with Crippen LogP contribution < -0.4 is 0 Å². The number of ether oxygens (including phenoxy) is 1. The fourth-order valence-electron chi connectivity index (χ4n) is 2.01. The minimum atomic E-state index is -3.54. The van der Waals surface area contributed by atoms with Gasteiger partial charge in [-0.05, 0) is 18.9 Å². The number of hydrogen-bond donors (Lipinski definition) is 0. The Balaban J connectivity index is 3.02. The minimum absolute atomic E-state index is 0.0131. The fraction of sp³-hybridized carbons (Fsp3) is 0.533. The largest absolute Gasteiger partial charge is 0.465 e. The van der Waals surface area contributed by atoms with Gasteiger partial charge < -0.3 is 4.74 Å². The minimum Gasteiger partial charge on any atom is -0.465 e.